The lowest BCUT2D eigenvalue weighted by atomic mass is 9.92. The van der Waals surface area contributed by atoms with E-state index in [2.05, 4.69) is 9.97 Å². The van der Waals surface area contributed by atoms with Crippen molar-refractivity contribution < 1.29 is 4.74 Å². The van der Waals surface area contributed by atoms with Crippen molar-refractivity contribution >= 4 is 16.9 Å². The molecule has 0 saturated carbocycles. The molecule has 0 aliphatic carbocycles. The van der Waals surface area contributed by atoms with E-state index in [0.29, 0.717) is 17.3 Å². The Morgan fingerprint density at radius 2 is 2.06 bits per heavy atom. The van der Waals surface area contributed by atoms with Crippen molar-refractivity contribution in [3.05, 3.63) is 18.1 Å². The molecule has 1 saturated heterocycles. The van der Waals surface area contributed by atoms with Gasteiger partial charge in [0.2, 0.25) is 0 Å². The first kappa shape index (κ1) is 10.3. The van der Waals surface area contributed by atoms with E-state index in [9.17, 15) is 0 Å². The maximum absolute atomic E-state index is 5.89. The number of fused-ring (bicyclic) bond motifs is 1. The van der Waals surface area contributed by atoms with E-state index in [1.54, 1.807) is 6.33 Å². The summed E-state index contributed by atoms with van der Waals surface area (Å²) >= 11 is 0. The molecule has 0 radical (unpaired) electrons. The van der Waals surface area contributed by atoms with Gasteiger partial charge in [-0.05, 0) is 18.8 Å². The van der Waals surface area contributed by atoms with E-state index in [4.69, 9.17) is 16.3 Å². The predicted molar refractivity (Wildman–Crippen MR) is 64.9 cm³/mol. The quantitative estimate of drug-likeness (QED) is 0.704. The lowest BCUT2D eigenvalue weighted by molar-refractivity contribution is 0.0855. The van der Waals surface area contributed by atoms with Crippen molar-refractivity contribution in [1.29, 1.82) is 0 Å². The molecule has 1 aliphatic rings. The van der Waals surface area contributed by atoms with Gasteiger partial charge >= 0.3 is 0 Å². The number of aromatic nitrogens is 3. The zero-order valence-electron chi connectivity index (χ0n) is 9.47. The van der Waals surface area contributed by atoms with Gasteiger partial charge in [0.1, 0.15) is 11.8 Å². The van der Waals surface area contributed by atoms with Crippen LogP contribution >= 0.6 is 0 Å². The number of hydrogen-bond acceptors (Lipinski definition) is 5. The average molecular weight is 233 g/mol. The lowest BCUT2D eigenvalue weighted by Crippen LogP contribution is -2.17. The van der Waals surface area contributed by atoms with Gasteiger partial charge in [0.25, 0.3) is 0 Å². The SMILES string of the molecule is Nc1ncc(C2CCOCC2)c2c1ncn2N. The molecule has 0 spiro atoms. The van der Waals surface area contributed by atoms with Crippen LogP contribution in [-0.2, 0) is 4.74 Å². The maximum Gasteiger partial charge on any atom is 0.151 e. The third kappa shape index (κ3) is 1.61. The summed E-state index contributed by atoms with van der Waals surface area (Å²) in [6.45, 7) is 1.57. The molecule has 1 aliphatic heterocycles. The van der Waals surface area contributed by atoms with E-state index < -0.39 is 0 Å². The Morgan fingerprint density at radius 3 is 2.82 bits per heavy atom. The van der Waals surface area contributed by atoms with Gasteiger partial charge < -0.3 is 16.3 Å². The van der Waals surface area contributed by atoms with Crippen LogP contribution in [0.15, 0.2) is 12.5 Å². The molecule has 0 aromatic carbocycles. The highest BCUT2D eigenvalue weighted by atomic mass is 16.5. The van der Waals surface area contributed by atoms with E-state index in [1.807, 2.05) is 6.20 Å². The Morgan fingerprint density at radius 1 is 1.29 bits per heavy atom. The van der Waals surface area contributed by atoms with Crippen molar-refractivity contribution in [3.63, 3.8) is 0 Å². The Kier molecular flexibility index (Phi) is 2.36. The fraction of sp³-hybridized carbons (Fsp3) is 0.455. The molecule has 3 rings (SSSR count). The van der Waals surface area contributed by atoms with Gasteiger partial charge in [0.15, 0.2) is 5.82 Å². The summed E-state index contributed by atoms with van der Waals surface area (Å²) in [5.41, 5.74) is 8.51. The molecular formula is C11H15N5O. The summed E-state index contributed by atoms with van der Waals surface area (Å²) < 4.78 is 6.90. The fourth-order valence-electron chi connectivity index (χ4n) is 2.40. The second-order valence-corrected chi connectivity index (χ2v) is 4.33. The molecule has 90 valence electrons. The van der Waals surface area contributed by atoms with Gasteiger partial charge in [-0.3, -0.25) is 0 Å². The van der Waals surface area contributed by atoms with Crippen LogP contribution in [0.4, 0.5) is 5.82 Å². The van der Waals surface area contributed by atoms with Crippen LogP contribution in [0.5, 0.6) is 0 Å². The number of nitrogens with two attached hydrogens (primary N) is 2. The molecule has 0 unspecified atom stereocenters. The minimum absolute atomic E-state index is 0.429. The Bertz CT molecular complexity index is 544. The second kappa shape index (κ2) is 3.89. The van der Waals surface area contributed by atoms with Gasteiger partial charge in [0, 0.05) is 25.0 Å². The molecule has 1 fully saturated rings. The fourth-order valence-corrected chi connectivity index (χ4v) is 2.40. The summed E-state index contributed by atoms with van der Waals surface area (Å²) in [4.78, 5) is 8.39. The van der Waals surface area contributed by atoms with Gasteiger partial charge in [-0.25, -0.2) is 14.6 Å². The first-order valence-electron chi connectivity index (χ1n) is 5.71. The Balaban J connectivity index is 2.15. The highest BCUT2D eigenvalue weighted by Crippen LogP contribution is 2.32. The van der Waals surface area contributed by atoms with Gasteiger partial charge in [0.05, 0.1) is 5.52 Å². The first-order valence-corrected chi connectivity index (χ1v) is 5.71. The van der Waals surface area contributed by atoms with Gasteiger partial charge in [-0.15, -0.1) is 0 Å². The van der Waals surface area contributed by atoms with Crippen LogP contribution in [0.3, 0.4) is 0 Å². The summed E-state index contributed by atoms with van der Waals surface area (Å²) in [6, 6.07) is 0. The average Bonchev–Trinajstić information content (AvgIpc) is 2.75. The van der Waals surface area contributed by atoms with Crippen molar-refractivity contribution in [1.82, 2.24) is 14.6 Å². The zero-order chi connectivity index (χ0) is 11.8. The van der Waals surface area contributed by atoms with Crippen LogP contribution in [0.25, 0.3) is 11.0 Å². The molecule has 2 aromatic heterocycles. The monoisotopic (exact) mass is 233 g/mol. The molecule has 0 atom stereocenters. The molecule has 2 aromatic rings. The van der Waals surface area contributed by atoms with Crippen LogP contribution in [0, 0.1) is 0 Å². The number of nitrogen functional groups attached to an aromatic ring is 2. The molecule has 0 amide bonds. The minimum Gasteiger partial charge on any atom is -0.382 e. The van der Waals surface area contributed by atoms with E-state index in [-0.39, 0.29) is 0 Å². The molecular weight excluding hydrogens is 218 g/mol. The molecule has 6 nitrogen and oxygen atoms in total. The normalized spacial score (nSPS) is 17.6. The largest absolute Gasteiger partial charge is 0.382 e. The first-order chi connectivity index (χ1) is 8.27. The molecule has 0 bridgehead atoms. The minimum atomic E-state index is 0.429. The highest BCUT2D eigenvalue weighted by molar-refractivity contribution is 5.87. The van der Waals surface area contributed by atoms with Crippen molar-refractivity contribution in [2.24, 2.45) is 0 Å². The summed E-state index contributed by atoms with van der Waals surface area (Å²) in [5.74, 6) is 6.75. The second-order valence-electron chi connectivity index (χ2n) is 4.33. The maximum atomic E-state index is 5.89. The van der Waals surface area contributed by atoms with Crippen molar-refractivity contribution in [2.75, 3.05) is 24.8 Å². The van der Waals surface area contributed by atoms with Crippen LogP contribution in [-0.4, -0.2) is 27.9 Å². The molecule has 4 N–H and O–H groups in total. The number of rotatable bonds is 1. The van der Waals surface area contributed by atoms with Crippen molar-refractivity contribution in [3.8, 4) is 0 Å². The standard InChI is InChI=1S/C11H15N5O/c12-11-9-10(16(13)6-15-9)8(5-14-11)7-1-3-17-4-2-7/h5-7H,1-4,13H2,(H2,12,14). The van der Waals surface area contributed by atoms with E-state index in [1.165, 1.54) is 4.68 Å². The predicted octanol–water partition coefficient (Wildman–Crippen LogP) is 0.621. The summed E-state index contributed by atoms with van der Waals surface area (Å²) in [5, 5.41) is 0. The van der Waals surface area contributed by atoms with E-state index >= 15 is 0 Å². The summed E-state index contributed by atoms with van der Waals surface area (Å²) in [7, 11) is 0. The van der Waals surface area contributed by atoms with Crippen LogP contribution < -0.4 is 11.6 Å². The highest BCUT2D eigenvalue weighted by Gasteiger charge is 2.21. The number of hydrogen-bond donors (Lipinski definition) is 2. The zero-order valence-corrected chi connectivity index (χ0v) is 9.47. The van der Waals surface area contributed by atoms with Gasteiger partial charge in [-0.2, -0.15) is 0 Å². The van der Waals surface area contributed by atoms with E-state index in [0.717, 1.165) is 37.1 Å². The number of nitrogens with zero attached hydrogens (tertiary/aromatic N) is 3. The number of pyridine rings is 1. The molecule has 17 heavy (non-hydrogen) atoms. The van der Waals surface area contributed by atoms with Crippen LogP contribution in [0.2, 0.25) is 0 Å². The summed E-state index contributed by atoms with van der Waals surface area (Å²) in [6.07, 6.45) is 5.38. The van der Waals surface area contributed by atoms with Gasteiger partial charge in [-0.1, -0.05) is 0 Å². The molecule has 6 heteroatoms. The Labute approximate surface area is 98.6 Å². The number of ether oxygens (including phenoxy) is 1. The third-order valence-corrected chi connectivity index (χ3v) is 3.31. The van der Waals surface area contributed by atoms with Crippen LogP contribution in [0.1, 0.15) is 24.3 Å². The smallest absolute Gasteiger partial charge is 0.151 e. The van der Waals surface area contributed by atoms with Crippen molar-refractivity contribution in [2.45, 2.75) is 18.8 Å². The topological polar surface area (TPSA) is 92.0 Å². The lowest BCUT2D eigenvalue weighted by Gasteiger charge is -2.22. The Hall–Kier alpha value is -1.82. The number of anilines is 1. The third-order valence-electron chi connectivity index (χ3n) is 3.31. The molecule has 3 heterocycles. The number of imidazole rings is 1.